The summed E-state index contributed by atoms with van der Waals surface area (Å²) in [6, 6.07) is 9.31. The lowest BCUT2D eigenvalue weighted by atomic mass is 9.92. The molecule has 0 unspecified atom stereocenters. The molecule has 2 aliphatic carbocycles. The second kappa shape index (κ2) is 8.87. The minimum absolute atomic E-state index is 0.117. The van der Waals surface area contributed by atoms with Gasteiger partial charge in [0, 0.05) is 24.2 Å². The monoisotopic (exact) mass is 485 g/mol. The van der Waals surface area contributed by atoms with Crippen LogP contribution in [0.4, 0.5) is 5.69 Å². The van der Waals surface area contributed by atoms with E-state index in [1.165, 1.54) is 24.8 Å². The SMILES string of the molecule is Cn1c(=O)n(C)c2cc(SC3CCCCC3)c(NS(=O)(=O)c3ccc4c(c3)CCCC4)cc21. The fourth-order valence-corrected chi connectivity index (χ4v) is 7.68. The summed E-state index contributed by atoms with van der Waals surface area (Å²) in [5, 5.41) is 0.462. The molecule has 1 saturated carbocycles. The van der Waals surface area contributed by atoms with Gasteiger partial charge in [-0.05, 0) is 73.9 Å². The van der Waals surface area contributed by atoms with Gasteiger partial charge < -0.3 is 0 Å². The van der Waals surface area contributed by atoms with Gasteiger partial charge >= 0.3 is 5.69 Å². The van der Waals surface area contributed by atoms with Crippen LogP contribution in [-0.4, -0.2) is 22.8 Å². The zero-order chi connectivity index (χ0) is 23.2. The lowest BCUT2D eigenvalue weighted by Crippen LogP contribution is -2.19. The number of fused-ring (bicyclic) bond motifs is 2. The van der Waals surface area contributed by atoms with Crippen LogP contribution < -0.4 is 10.4 Å². The molecule has 0 saturated heterocycles. The molecule has 3 aromatic rings. The smallest absolute Gasteiger partial charge is 0.295 e. The lowest BCUT2D eigenvalue weighted by Gasteiger charge is -2.23. The number of hydrogen-bond acceptors (Lipinski definition) is 4. The first-order valence-corrected chi connectivity index (χ1v) is 14.2. The van der Waals surface area contributed by atoms with Gasteiger partial charge in [0.05, 0.1) is 21.6 Å². The third-order valence-electron chi connectivity index (χ3n) is 7.09. The van der Waals surface area contributed by atoms with Gasteiger partial charge in [0.25, 0.3) is 10.0 Å². The standard InChI is InChI=1S/C25H31N3O3S2/c1-27-22-15-21(26-33(30,31)20-13-12-17-8-6-7-9-18(17)14-20)24(16-23(22)28(2)25(27)29)32-19-10-4-3-5-11-19/h12-16,19,26H,3-11H2,1-2H3. The molecule has 1 aromatic heterocycles. The predicted octanol–water partition coefficient (Wildman–Crippen LogP) is 4.98. The third kappa shape index (κ3) is 4.35. The van der Waals surface area contributed by atoms with Crippen molar-refractivity contribution in [1.29, 1.82) is 0 Å². The summed E-state index contributed by atoms with van der Waals surface area (Å²) in [7, 11) is -0.269. The van der Waals surface area contributed by atoms with Gasteiger partial charge in [-0.1, -0.05) is 25.3 Å². The van der Waals surface area contributed by atoms with E-state index in [0.29, 0.717) is 15.8 Å². The Morgan fingerprint density at radius 1 is 0.879 bits per heavy atom. The van der Waals surface area contributed by atoms with E-state index in [1.54, 1.807) is 41.1 Å². The number of anilines is 1. The molecule has 0 amide bonds. The zero-order valence-electron chi connectivity index (χ0n) is 19.3. The Morgan fingerprint density at radius 3 is 2.27 bits per heavy atom. The van der Waals surface area contributed by atoms with Gasteiger partial charge in [0.15, 0.2) is 0 Å². The molecule has 1 fully saturated rings. The van der Waals surface area contributed by atoms with Crippen LogP contribution in [0.25, 0.3) is 11.0 Å². The summed E-state index contributed by atoms with van der Waals surface area (Å²) in [6.45, 7) is 0. The van der Waals surface area contributed by atoms with E-state index in [9.17, 15) is 13.2 Å². The normalized spacial score (nSPS) is 17.3. The number of sulfonamides is 1. The number of imidazole rings is 1. The topological polar surface area (TPSA) is 73.1 Å². The molecular formula is C25H31N3O3S2. The van der Waals surface area contributed by atoms with Crippen LogP contribution in [0.3, 0.4) is 0 Å². The van der Waals surface area contributed by atoms with E-state index in [4.69, 9.17) is 0 Å². The second-order valence-corrected chi connectivity index (χ2v) is 12.4. The summed E-state index contributed by atoms with van der Waals surface area (Å²) in [5.74, 6) is 0. The van der Waals surface area contributed by atoms with Crippen LogP contribution in [0.2, 0.25) is 0 Å². The van der Waals surface area contributed by atoms with Crippen molar-refractivity contribution >= 4 is 38.5 Å². The Balaban J connectivity index is 1.56. The van der Waals surface area contributed by atoms with Crippen LogP contribution >= 0.6 is 11.8 Å². The first-order valence-electron chi connectivity index (χ1n) is 11.8. The largest absolute Gasteiger partial charge is 0.328 e. The molecule has 1 heterocycles. The summed E-state index contributed by atoms with van der Waals surface area (Å²) in [4.78, 5) is 13.7. The molecule has 5 rings (SSSR count). The van der Waals surface area contributed by atoms with Gasteiger partial charge in [-0.2, -0.15) is 0 Å². The summed E-state index contributed by atoms with van der Waals surface area (Å²) in [5.41, 5.74) is 4.37. The van der Waals surface area contributed by atoms with Crippen LogP contribution in [-0.2, 0) is 37.0 Å². The van der Waals surface area contributed by atoms with E-state index in [0.717, 1.165) is 60.0 Å². The average Bonchev–Trinajstić information content (AvgIpc) is 3.03. The maximum Gasteiger partial charge on any atom is 0.328 e. The van der Waals surface area contributed by atoms with Crippen molar-refractivity contribution in [3.05, 3.63) is 51.9 Å². The van der Waals surface area contributed by atoms with Crippen molar-refractivity contribution < 1.29 is 8.42 Å². The maximum absolute atomic E-state index is 13.4. The highest BCUT2D eigenvalue weighted by Crippen LogP contribution is 2.40. The van der Waals surface area contributed by atoms with E-state index < -0.39 is 10.0 Å². The van der Waals surface area contributed by atoms with Gasteiger partial charge in [-0.25, -0.2) is 13.2 Å². The molecular weight excluding hydrogens is 454 g/mol. The van der Waals surface area contributed by atoms with E-state index in [2.05, 4.69) is 4.72 Å². The molecule has 6 nitrogen and oxygen atoms in total. The Labute approximate surface area is 199 Å². The van der Waals surface area contributed by atoms with Crippen molar-refractivity contribution in [2.45, 2.75) is 72.8 Å². The minimum atomic E-state index is -3.75. The van der Waals surface area contributed by atoms with Gasteiger partial charge in [0.1, 0.15) is 0 Å². The molecule has 8 heteroatoms. The number of aromatic nitrogens is 2. The van der Waals surface area contributed by atoms with Gasteiger partial charge in [-0.15, -0.1) is 11.8 Å². The minimum Gasteiger partial charge on any atom is -0.295 e. The first kappa shape index (κ1) is 22.6. The predicted molar refractivity (Wildman–Crippen MR) is 135 cm³/mol. The Morgan fingerprint density at radius 2 is 1.55 bits per heavy atom. The molecule has 33 heavy (non-hydrogen) atoms. The fourth-order valence-electron chi connectivity index (χ4n) is 5.15. The van der Waals surface area contributed by atoms with Crippen LogP contribution in [0.5, 0.6) is 0 Å². The van der Waals surface area contributed by atoms with Crippen molar-refractivity contribution in [1.82, 2.24) is 9.13 Å². The molecule has 0 radical (unpaired) electrons. The summed E-state index contributed by atoms with van der Waals surface area (Å²) < 4.78 is 32.9. The maximum atomic E-state index is 13.4. The van der Waals surface area contributed by atoms with E-state index in [1.807, 2.05) is 24.3 Å². The van der Waals surface area contributed by atoms with Gasteiger partial charge in [-0.3, -0.25) is 13.9 Å². The third-order valence-corrected chi connectivity index (χ3v) is 9.85. The van der Waals surface area contributed by atoms with Crippen molar-refractivity contribution in [3.8, 4) is 0 Å². The van der Waals surface area contributed by atoms with Crippen LogP contribution in [0.15, 0.2) is 44.9 Å². The van der Waals surface area contributed by atoms with Crippen molar-refractivity contribution in [2.24, 2.45) is 14.1 Å². The van der Waals surface area contributed by atoms with E-state index in [-0.39, 0.29) is 5.69 Å². The molecule has 0 bridgehead atoms. The number of aryl methyl sites for hydroxylation is 4. The van der Waals surface area contributed by atoms with Crippen LogP contribution in [0, 0.1) is 0 Å². The average molecular weight is 486 g/mol. The van der Waals surface area contributed by atoms with Crippen molar-refractivity contribution in [3.63, 3.8) is 0 Å². The highest BCUT2D eigenvalue weighted by Gasteiger charge is 2.23. The molecule has 0 spiro atoms. The highest BCUT2D eigenvalue weighted by molar-refractivity contribution is 8.00. The molecule has 1 N–H and O–H groups in total. The number of nitrogens with zero attached hydrogens (tertiary/aromatic N) is 2. The molecule has 176 valence electrons. The number of benzene rings is 2. The number of hydrogen-bond donors (Lipinski definition) is 1. The van der Waals surface area contributed by atoms with Crippen LogP contribution in [0.1, 0.15) is 56.1 Å². The Bertz CT molecular complexity index is 1370. The van der Waals surface area contributed by atoms with E-state index >= 15 is 0 Å². The quantitative estimate of drug-likeness (QED) is 0.553. The number of nitrogens with one attached hydrogen (secondary N) is 1. The Hall–Kier alpha value is -2.19. The molecule has 2 aliphatic rings. The molecule has 0 aliphatic heterocycles. The number of rotatable bonds is 5. The molecule has 2 aromatic carbocycles. The fraction of sp³-hybridized carbons (Fsp3) is 0.480. The zero-order valence-corrected chi connectivity index (χ0v) is 20.9. The summed E-state index contributed by atoms with van der Waals surface area (Å²) in [6.07, 6.45) is 10.2. The highest BCUT2D eigenvalue weighted by atomic mass is 32.2. The summed E-state index contributed by atoms with van der Waals surface area (Å²) >= 11 is 1.74. The second-order valence-electron chi connectivity index (χ2n) is 9.36. The van der Waals surface area contributed by atoms with Crippen molar-refractivity contribution in [2.75, 3.05) is 4.72 Å². The number of thioether (sulfide) groups is 1. The first-order chi connectivity index (χ1) is 15.8. The van der Waals surface area contributed by atoms with Gasteiger partial charge in [0.2, 0.25) is 0 Å². The lowest BCUT2D eigenvalue weighted by molar-refractivity contribution is 0.516. The molecule has 0 atom stereocenters. The Kier molecular flexibility index (Phi) is 6.07.